The molecule has 5 heteroatoms. The Balaban J connectivity index is 1.41. The Bertz CT molecular complexity index is 893. The van der Waals surface area contributed by atoms with Crippen LogP contribution >= 0.6 is 0 Å². The van der Waals surface area contributed by atoms with Gasteiger partial charge in [-0.3, -0.25) is 15.1 Å². The van der Waals surface area contributed by atoms with Crippen molar-refractivity contribution in [2.24, 2.45) is 0 Å². The molecule has 0 fully saturated rings. The van der Waals surface area contributed by atoms with Gasteiger partial charge in [-0.05, 0) is 55.7 Å². The van der Waals surface area contributed by atoms with Crippen molar-refractivity contribution in [1.82, 2.24) is 10.3 Å². The number of carbonyl (C=O) groups is 1. The number of rotatable bonds is 8. The summed E-state index contributed by atoms with van der Waals surface area (Å²) in [6.45, 7) is 4.28. The molecule has 0 bridgehead atoms. The van der Waals surface area contributed by atoms with Crippen LogP contribution in [0.25, 0.3) is 10.9 Å². The molecule has 0 amide bonds. The largest absolute Gasteiger partial charge is 0.427 e. The van der Waals surface area contributed by atoms with Crippen molar-refractivity contribution in [3.63, 3.8) is 0 Å². The highest BCUT2D eigenvalue weighted by Crippen LogP contribution is 2.17. The maximum Gasteiger partial charge on any atom is 0.308 e. The van der Waals surface area contributed by atoms with Crippen LogP contribution in [0.1, 0.15) is 25.8 Å². The Morgan fingerprint density at radius 2 is 1.96 bits per heavy atom. The Hall–Kier alpha value is -2.92. The minimum absolute atomic E-state index is 0.296. The fraction of sp³-hybridized carbons (Fsp3) is 0.273. The molecule has 1 heterocycles. The molecule has 1 atom stereocenters. The summed E-state index contributed by atoms with van der Waals surface area (Å²) in [5.41, 5.74) is 3.28. The monoisotopic (exact) mass is 363 g/mol. The number of esters is 1. The molecule has 140 valence electrons. The van der Waals surface area contributed by atoms with Gasteiger partial charge in [0.05, 0.1) is 12.2 Å². The van der Waals surface area contributed by atoms with E-state index in [1.54, 1.807) is 0 Å². The maximum atomic E-state index is 10.9. The number of nitrogens with zero attached hydrogens (tertiary/aromatic N) is 1. The van der Waals surface area contributed by atoms with Crippen LogP contribution in [0.3, 0.4) is 0 Å². The molecule has 0 saturated carbocycles. The lowest BCUT2D eigenvalue weighted by Gasteiger charge is -2.15. The molecule has 2 aromatic carbocycles. The average Bonchev–Trinajstić information content (AvgIpc) is 2.67. The van der Waals surface area contributed by atoms with Crippen LogP contribution in [0.4, 0.5) is 5.69 Å². The van der Waals surface area contributed by atoms with E-state index in [2.05, 4.69) is 46.8 Å². The molecule has 1 unspecified atom stereocenters. The molecule has 0 aliphatic heterocycles. The Morgan fingerprint density at radius 3 is 2.74 bits per heavy atom. The summed E-state index contributed by atoms with van der Waals surface area (Å²) < 4.78 is 5.05. The van der Waals surface area contributed by atoms with Crippen LogP contribution in [0.15, 0.2) is 60.8 Å². The minimum Gasteiger partial charge on any atom is -0.427 e. The molecule has 2 N–H and O–H groups in total. The van der Waals surface area contributed by atoms with Crippen molar-refractivity contribution < 1.29 is 9.53 Å². The molecule has 0 saturated heterocycles. The molecule has 3 rings (SSSR count). The molecule has 0 spiro atoms. The Morgan fingerprint density at radius 1 is 1.15 bits per heavy atom. The van der Waals surface area contributed by atoms with Crippen LogP contribution in [0.5, 0.6) is 5.75 Å². The second-order valence-corrected chi connectivity index (χ2v) is 6.65. The summed E-state index contributed by atoms with van der Waals surface area (Å²) in [7, 11) is 0. The number of benzene rings is 2. The number of fused-ring (bicyclic) bond motifs is 1. The molecule has 1 aromatic heterocycles. The van der Waals surface area contributed by atoms with E-state index in [1.165, 1.54) is 12.5 Å². The Labute approximate surface area is 159 Å². The zero-order chi connectivity index (χ0) is 19.1. The van der Waals surface area contributed by atoms with Gasteiger partial charge < -0.3 is 10.1 Å². The van der Waals surface area contributed by atoms with E-state index < -0.39 is 0 Å². The molecule has 0 aliphatic rings. The third-order valence-electron chi connectivity index (χ3n) is 4.40. The highest BCUT2D eigenvalue weighted by atomic mass is 16.5. The standard InChI is InChI=1S/C22H25N3O2/c1-16(5-6-18-7-11-21(12-8-18)27-17(2)26)24-15-25-20-10-9-19-4-3-13-23-22(19)14-20/h3-4,7-14,16,24-25H,5-6,15H2,1-2H3. The predicted molar refractivity (Wildman–Crippen MR) is 109 cm³/mol. The van der Waals surface area contributed by atoms with Crippen molar-refractivity contribution in [3.8, 4) is 5.75 Å². The molecule has 3 aromatic rings. The van der Waals surface area contributed by atoms with Gasteiger partial charge in [-0.2, -0.15) is 0 Å². The summed E-state index contributed by atoms with van der Waals surface area (Å²) in [4.78, 5) is 15.3. The van der Waals surface area contributed by atoms with Crippen LogP contribution in [-0.2, 0) is 11.2 Å². The molecule has 5 nitrogen and oxygen atoms in total. The number of aromatic nitrogens is 1. The number of nitrogens with one attached hydrogen (secondary N) is 2. The van der Waals surface area contributed by atoms with Crippen molar-refractivity contribution in [1.29, 1.82) is 0 Å². The highest BCUT2D eigenvalue weighted by molar-refractivity contribution is 5.81. The predicted octanol–water partition coefficient (Wildman–Crippen LogP) is 4.14. The number of hydrogen-bond donors (Lipinski definition) is 2. The average molecular weight is 363 g/mol. The summed E-state index contributed by atoms with van der Waals surface area (Å²) in [5, 5.41) is 8.02. The summed E-state index contributed by atoms with van der Waals surface area (Å²) in [5.74, 6) is 0.293. The normalized spacial score (nSPS) is 11.9. The number of aryl methyl sites for hydroxylation is 1. The third-order valence-corrected chi connectivity index (χ3v) is 4.40. The SMILES string of the molecule is CC(=O)Oc1ccc(CCC(C)NCNc2ccc3cccnc3c2)cc1. The first-order chi connectivity index (χ1) is 13.1. The quantitative estimate of drug-likeness (QED) is 0.358. The van der Waals surface area contributed by atoms with Gasteiger partial charge in [0.15, 0.2) is 0 Å². The van der Waals surface area contributed by atoms with Crippen LogP contribution in [0, 0.1) is 0 Å². The van der Waals surface area contributed by atoms with Gasteiger partial charge in [-0.25, -0.2) is 0 Å². The van der Waals surface area contributed by atoms with Crippen LogP contribution in [0.2, 0.25) is 0 Å². The first kappa shape index (κ1) is 18.9. The van der Waals surface area contributed by atoms with Crippen molar-refractivity contribution >= 4 is 22.6 Å². The smallest absolute Gasteiger partial charge is 0.308 e. The third kappa shape index (κ3) is 5.79. The second kappa shape index (κ2) is 9.14. The van der Waals surface area contributed by atoms with Crippen molar-refractivity contribution in [3.05, 3.63) is 66.4 Å². The van der Waals surface area contributed by atoms with E-state index in [0.717, 1.165) is 29.4 Å². The molecule has 0 radical (unpaired) electrons. The molecule has 27 heavy (non-hydrogen) atoms. The zero-order valence-corrected chi connectivity index (χ0v) is 15.7. The fourth-order valence-corrected chi connectivity index (χ4v) is 2.88. The number of hydrogen-bond acceptors (Lipinski definition) is 5. The summed E-state index contributed by atoms with van der Waals surface area (Å²) in [6, 6.07) is 18.3. The lowest BCUT2D eigenvalue weighted by molar-refractivity contribution is -0.131. The van der Waals surface area contributed by atoms with Crippen molar-refractivity contribution in [2.45, 2.75) is 32.7 Å². The first-order valence-corrected chi connectivity index (χ1v) is 9.19. The Kier molecular flexibility index (Phi) is 6.39. The van der Waals surface area contributed by atoms with Crippen molar-refractivity contribution in [2.75, 3.05) is 12.0 Å². The summed E-state index contributed by atoms with van der Waals surface area (Å²) >= 11 is 0. The number of ether oxygens (including phenoxy) is 1. The van der Waals surface area contributed by atoms with Gasteiger partial charge in [0.1, 0.15) is 5.75 Å². The van der Waals surface area contributed by atoms with Crippen LogP contribution in [-0.4, -0.2) is 23.7 Å². The summed E-state index contributed by atoms with van der Waals surface area (Å²) in [6.07, 6.45) is 3.80. The molecule has 0 aliphatic carbocycles. The number of anilines is 1. The first-order valence-electron chi connectivity index (χ1n) is 9.19. The maximum absolute atomic E-state index is 10.9. The number of carbonyl (C=O) groups excluding carboxylic acids is 1. The van der Waals surface area contributed by atoms with E-state index in [0.29, 0.717) is 18.5 Å². The number of pyridine rings is 1. The van der Waals surface area contributed by atoms with Gasteiger partial charge in [0.2, 0.25) is 0 Å². The highest BCUT2D eigenvalue weighted by Gasteiger charge is 2.04. The topological polar surface area (TPSA) is 63.2 Å². The van der Waals surface area contributed by atoms with Gasteiger partial charge >= 0.3 is 5.97 Å². The van der Waals surface area contributed by atoms with Gasteiger partial charge in [0.25, 0.3) is 0 Å². The van der Waals surface area contributed by atoms with Gasteiger partial charge in [-0.1, -0.05) is 24.3 Å². The van der Waals surface area contributed by atoms with Gasteiger partial charge in [0, 0.05) is 30.2 Å². The van der Waals surface area contributed by atoms with E-state index in [-0.39, 0.29) is 5.97 Å². The van der Waals surface area contributed by atoms with Gasteiger partial charge in [-0.15, -0.1) is 0 Å². The zero-order valence-electron chi connectivity index (χ0n) is 15.7. The molecular formula is C22H25N3O2. The second-order valence-electron chi connectivity index (χ2n) is 6.65. The van der Waals surface area contributed by atoms with E-state index in [9.17, 15) is 4.79 Å². The van der Waals surface area contributed by atoms with Crippen LogP contribution < -0.4 is 15.4 Å². The lowest BCUT2D eigenvalue weighted by Crippen LogP contribution is -2.31. The van der Waals surface area contributed by atoms with E-state index in [4.69, 9.17) is 4.74 Å². The lowest BCUT2D eigenvalue weighted by atomic mass is 10.1. The fourth-order valence-electron chi connectivity index (χ4n) is 2.88. The molecular weight excluding hydrogens is 338 g/mol. The van der Waals surface area contributed by atoms with E-state index in [1.807, 2.05) is 36.5 Å². The minimum atomic E-state index is -0.296. The van der Waals surface area contributed by atoms with E-state index >= 15 is 0 Å².